The quantitative estimate of drug-likeness (QED) is 0.566. The molecule has 0 radical (unpaired) electrons. The first-order valence-corrected chi connectivity index (χ1v) is 13.1. The number of amides is 1. The maximum Gasteiger partial charge on any atom is 0.339 e. The third-order valence-electron chi connectivity index (χ3n) is 6.88. The fourth-order valence-corrected chi connectivity index (χ4v) is 6.59. The van der Waals surface area contributed by atoms with Gasteiger partial charge in [-0.25, -0.2) is 13.2 Å². The van der Waals surface area contributed by atoms with Crippen LogP contribution in [0.15, 0.2) is 29.2 Å². The highest BCUT2D eigenvalue weighted by atomic mass is 32.2. The molecule has 1 aromatic carbocycles. The van der Waals surface area contributed by atoms with Crippen LogP contribution in [0.25, 0.3) is 0 Å². The molecule has 0 aromatic heterocycles. The summed E-state index contributed by atoms with van der Waals surface area (Å²) in [7, 11) is -2.62. The van der Waals surface area contributed by atoms with Gasteiger partial charge in [0, 0.05) is 58.3 Å². The lowest BCUT2D eigenvalue weighted by atomic mass is 9.96. The second-order valence-electron chi connectivity index (χ2n) is 8.93. The van der Waals surface area contributed by atoms with Gasteiger partial charge in [-0.1, -0.05) is 12.1 Å². The molecule has 3 fully saturated rings. The van der Waals surface area contributed by atoms with Gasteiger partial charge in [-0.2, -0.15) is 4.31 Å². The van der Waals surface area contributed by atoms with Crippen LogP contribution in [0.3, 0.4) is 0 Å². The number of esters is 1. The van der Waals surface area contributed by atoms with Crippen molar-refractivity contribution < 1.29 is 27.5 Å². The molecule has 0 spiro atoms. The summed E-state index contributed by atoms with van der Waals surface area (Å²) in [6.45, 7) is 5.41. The molecule has 3 aliphatic heterocycles. The van der Waals surface area contributed by atoms with E-state index in [9.17, 15) is 18.0 Å². The van der Waals surface area contributed by atoms with Crippen LogP contribution in [0.5, 0.6) is 0 Å². The second kappa shape index (κ2) is 10.5. The van der Waals surface area contributed by atoms with E-state index >= 15 is 0 Å². The summed E-state index contributed by atoms with van der Waals surface area (Å²) in [5.74, 6) is -0.728. The monoisotopic (exact) mass is 479 g/mol. The molecule has 1 unspecified atom stereocenters. The average Bonchev–Trinajstić information content (AvgIpc) is 3.36. The van der Waals surface area contributed by atoms with Crippen molar-refractivity contribution in [3.05, 3.63) is 29.8 Å². The Balaban J connectivity index is 1.31. The van der Waals surface area contributed by atoms with Gasteiger partial charge in [0.05, 0.1) is 23.7 Å². The Labute approximate surface area is 195 Å². The van der Waals surface area contributed by atoms with Crippen molar-refractivity contribution in [1.82, 2.24) is 14.1 Å². The van der Waals surface area contributed by atoms with Gasteiger partial charge in [-0.3, -0.25) is 9.69 Å². The van der Waals surface area contributed by atoms with E-state index in [0.717, 1.165) is 39.1 Å². The second-order valence-corrected chi connectivity index (χ2v) is 10.8. The van der Waals surface area contributed by atoms with E-state index in [1.807, 2.05) is 4.90 Å². The van der Waals surface area contributed by atoms with Crippen LogP contribution in [0.4, 0.5) is 0 Å². The Morgan fingerprint density at radius 1 is 1.03 bits per heavy atom. The zero-order valence-electron chi connectivity index (χ0n) is 19.1. The van der Waals surface area contributed by atoms with Crippen molar-refractivity contribution in [3.63, 3.8) is 0 Å². The fraction of sp³-hybridized carbons (Fsp3) is 0.652. The normalized spacial score (nSPS) is 23.5. The number of nitrogens with zero attached hydrogens (tertiary/aromatic N) is 3. The Morgan fingerprint density at radius 3 is 2.36 bits per heavy atom. The van der Waals surface area contributed by atoms with Crippen LogP contribution in [0.2, 0.25) is 0 Å². The SMILES string of the molecule is COC(=O)c1ccccc1S(=O)(=O)N1CCC(C(=O)N2CCN(CC3CCCO3)CC2)CC1. The Bertz CT molecular complexity index is 947. The minimum Gasteiger partial charge on any atom is -0.465 e. The fourth-order valence-electron chi connectivity index (χ4n) is 4.94. The summed E-state index contributed by atoms with van der Waals surface area (Å²) in [6, 6.07) is 6.08. The Morgan fingerprint density at radius 2 is 1.73 bits per heavy atom. The highest BCUT2D eigenvalue weighted by molar-refractivity contribution is 7.89. The molecule has 1 amide bonds. The number of rotatable bonds is 6. The Kier molecular flexibility index (Phi) is 7.68. The maximum absolute atomic E-state index is 13.2. The van der Waals surface area contributed by atoms with E-state index in [1.54, 1.807) is 12.1 Å². The number of ether oxygens (including phenoxy) is 2. The lowest BCUT2D eigenvalue weighted by Gasteiger charge is -2.39. The van der Waals surface area contributed by atoms with Crippen molar-refractivity contribution in [2.75, 3.05) is 59.5 Å². The minimum absolute atomic E-state index is 0.0269. The number of hydrogen-bond acceptors (Lipinski definition) is 7. The van der Waals surface area contributed by atoms with Crippen LogP contribution in [-0.2, 0) is 24.3 Å². The molecule has 0 N–H and O–H groups in total. The topological polar surface area (TPSA) is 96.5 Å². The summed E-state index contributed by atoms with van der Waals surface area (Å²) < 4.78 is 38.2. The molecule has 3 aliphatic rings. The largest absolute Gasteiger partial charge is 0.465 e. The summed E-state index contributed by atoms with van der Waals surface area (Å²) in [5, 5.41) is 0. The van der Waals surface area contributed by atoms with Crippen LogP contribution in [0.1, 0.15) is 36.0 Å². The van der Waals surface area contributed by atoms with Crippen LogP contribution >= 0.6 is 0 Å². The number of benzene rings is 1. The average molecular weight is 480 g/mol. The molecule has 0 aliphatic carbocycles. The van der Waals surface area contributed by atoms with Gasteiger partial charge in [0.1, 0.15) is 0 Å². The molecule has 3 saturated heterocycles. The van der Waals surface area contributed by atoms with E-state index in [1.165, 1.54) is 23.5 Å². The summed E-state index contributed by atoms with van der Waals surface area (Å²) in [4.78, 5) is 29.3. The number of hydrogen-bond donors (Lipinski definition) is 0. The molecule has 4 rings (SSSR count). The number of piperidine rings is 1. The van der Waals surface area contributed by atoms with Crippen molar-refractivity contribution >= 4 is 21.9 Å². The molecular weight excluding hydrogens is 446 g/mol. The first-order chi connectivity index (χ1) is 15.9. The number of piperazine rings is 1. The van der Waals surface area contributed by atoms with Gasteiger partial charge < -0.3 is 14.4 Å². The lowest BCUT2D eigenvalue weighted by Crippen LogP contribution is -2.53. The third-order valence-corrected chi connectivity index (χ3v) is 8.84. The van der Waals surface area contributed by atoms with Gasteiger partial charge in [-0.15, -0.1) is 0 Å². The van der Waals surface area contributed by atoms with Gasteiger partial charge in [-0.05, 0) is 37.8 Å². The first-order valence-electron chi connectivity index (χ1n) is 11.7. The van der Waals surface area contributed by atoms with Crippen LogP contribution in [0, 0.1) is 5.92 Å². The van der Waals surface area contributed by atoms with Crippen molar-refractivity contribution in [3.8, 4) is 0 Å². The van der Waals surface area contributed by atoms with Crippen molar-refractivity contribution in [2.24, 2.45) is 5.92 Å². The summed E-state index contributed by atoms with van der Waals surface area (Å²) in [5.41, 5.74) is 0.0269. The van der Waals surface area contributed by atoms with Crippen LogP contribution < -0.4 is 0 Å². The highest BCUT2D eigenvalue weighted by Crippen LogP contribution is 2.27. The molecule has 182 valence electrons. The first kappa shape index (κ1) is 24.1. The molecule has 0 bridgehead atoms. The zero-order valence-corrected chi connectivity index (χ0v) is 20.0. The standard InChI is InChI=1S/C23H33N3O6S/c1-31-23(28)20-6-2-3-7-21(20)33(29,30)26-10-8-18(9-11-26)22(27)25-14-12-24(13-15-25)17-19-5-4-16-32-19/h2-3,6-7,18-19H,4-5,8-17H2,1H3. The smallest absolute Gasteiger partial charge is 0.339 e. The molecule has 9 nitrogen and oxygen atoms in total. The maximum atomic E-state index is 13.2. The number of carbonyl (C=O) groups excluding carboxylic acids is 2. The molecule has 0 saturated carbocycles. The van der Waals surface area contributed by atoms with Gasteiger partial charge in [0.2, 0.25) is 15.9 Å². The molecule has 3 heterocycles. The van der Waals surface area contributed by atoms with Gasteiger partial charge in [0.25, 0.3) is 0 Å². The number of methoxy groups -OCH3 is 1. The summed E-state index contributed by atoms with van der Waals surface area (Å²) >= 11 is 0. The van der Waals surface area contributed by atoms with E-state index in [4.69, 9.17) is 9.47 Å². The predicted octanol–water partition coefficient (Wildman–Crippen LogP) is 1.20. The number of carbonyl (C=O) groups is 2. The molecule has 10 heteroatoms. The van der Waals surface area contributed by atoms with Gasteiger partial charge >= 0.3 is 5.97 Å². The highest BCUT2D eigenvalue weighted by Gasteiger charge is 2.36. The van der Waals surface area contributed by atoms with E-state index in [0.29, 0.717) is 32.0 Å². The van der Waals surface area contributed by atoms with Crippen LogP contribution in [-0.4, -0.2) is 100 Å². The molecule has 33 heavy (non-hydrogen) atoms. The molecular formula is C23H33N3O6S. The lowest BCUT2D eigenvalue weighted by molar-refractivity contribution is -0.138. The molecule has 1 atom stereocenters. The third kappa shape index (κ3) is 5.40. The molecule has 1 aromatic rings. The summed E-state index contributed by atoms with van der Waals surface area (Å²) in [6.07, 6.45) is 3.53. The minimum atomic E-state index is -3.85. The zero-order chi connectivity index (χ0) is 23.4. The van der Waals surface area contributed by atoms with Gasteiger partial charge in [0.15, 0.2) is 0 Å². The van der Waals surface area contributed by atoms with Crippen molar-refractivity contribution in [1.29, 1.82) is 0 Å². The van der Waals surface area contributed by atoms with E-state index in [2.05, 4.69) is 4.90 Å². The van der Waals surface area contributed by atoms with E-state index in [-0.39, 0.29) is 35.4 Å². The predicted molar refractivity (Wildman–Crippen MR) is 121 cm³/mol. The van der Waals surface area contributed by atoms with E-state index < -0.39 is 16.0 Å². The Hall–Kier alpha value is -2.01. The number of sulfonamides is 1. The van der Waals surface area contributed by atoms with Crippen molar-refractivity contribution in [2.45, 2.75) is 36.7 Å².